The van der Waals surface area contributed by atoms with Gasteiger partial charge in [-0.2, -0.15) is 0 Å². The Balaban J connectivity index is 1.36. The number of likely N-dealkylation sites (tertiary alicyclic amines) is 1. The van der Waals surface area contributed by atoms with Crippen LogP contribution in [0.15, 0.2) is 54.1 Å². The first-order valence-electron chi connectivity index (χ1n) is 8.72. The van der Waals surface area contributed by atoms with Gasteiger partial charge >= 0.3 is 0 Å². The highest BCUT2D eigenvalue weighted by molar-refractivity contribution is 7.09. The van der Waals surface area contributed by atoms with Gasteiger partial charge in [0.25, 0.3) is 0 Å². The van der Waals surface area contributed by atoms with Crippen molar-refractivity contribution in [3.63, 3.8) is 0 Å². The van der Waals surface area contributed by atoms with Crippen LogP contribution >= 0.6 is 11.3 Å². The van der Waals surface area contributed by atoms with Crippen LogP contribution in [0.2, 0.25) is 0 Å². The molecule has 3 aliphatic rings. The number of thiazole rings is 1. The van der Waals surface area contributed by atoms with Crippen LogP contribution in [-0.2, 0) is 6.54 Å². The standard InChI is InChI=1S/C21H20N2S/c1-2-6-15(7-3-1)13-23-11-10-17(14-23)21-22-20-18-9-5-4-8-16(18)12-19(20)24-21/h1-8,12,17H,9-11,13-14H2. The van der Waals surface area contributed by atoms with Gasteiger partial charge in [0.05, 0.1) is 14.9 Å². The topological polar surface area (TPSA) is 16.1 Å². The van der Waals surface area contributed by atoms with Gasteiger partial charge < -0.3 is 0 Å². The van der Waals surface area contributed by atoms with Crippen LogP contribution in [0.1, 0.15) is 29.3 Å². The molecule has 1 fully saturated rings. The predicted octanol–water partition coefficient (Wildman–Crippen LogP) is 2.96. The highest BCUT2D eigenvalue weighted by Crippen LogP contribution is 2.29. The summed E-state index contributed by atoms with van der Waals surface area (Å²) in [5.74, 6) is 0.602. The van der Waals surface area contributed by atoms with Crippen molar-refractivity contribution in [3.05, 3.63) is 74.6 Å². The van der Waals surface area contributed by atoms with Crippen LogP contribution < -0.4 is 9.88 Å². The average molecular weight is 332 g/mol. The number of benzene rings is 1. The zero-order chi connectivity index (χ0) is 15.9. The lowest BCUT2D eigenvalue weighted by Crippen LogP contribution is -2.20. The molecule has 0 spiro atoms. The Kier molecular flexibility index (Phi) is 3.50. The molecule has 1 unspecified atom stereocenters. The lowest BCUT2D eigenvalue weighted by atomic mass is 10.0. The smallest absolute Gasteiger partial charge is 0.0982 e. The number of rotatable bonds is 3. The van der Waals surface area contributed by atoms with Crippen molar-refractivity contribution >= 4 is 23.0 Å². The lowest BCUT2D eigenvalue weighted by Gasteiger charge is -2.15. The second-order valence-electron chi connectivity index (χ2n) is 6.85. The number of hydrogen-bond acceptors (Lipinski definition) is 3. The largest absolute Gasteiger partial charge is 0.298 e. The van der Waals surface area contributed by atoms with Crippen molar-refractivity contribution in [1.29, 1.82) is 0 Å². The van der Waals surface area contributed by atoms with Crippen molar-refractivity contribution in [2.75, 3.05) is 13.1 Å². The van der Waals surface area contributed by atoms with Gasteiger partial charge in [-0.1, -0.05) is 48.6 Å². The summed E-state index contributed by atoms with van der Waals surface area (Å²) < 4.78 is 1.37. The minimum absolute atomic E-state index is 0.602. The second kappa shape index (κ2) is 5.83. The molecule has 1 aromatic heterocycles. The van der Waals surface area contributed by atoms with Crippen LogP contribution in [0.3, 0.4) is 0 Å². The third-order valence-electron chi connectivity index (χ3n) is 5.20. The van der Waals surface area contributed by atoms with Gasteiger partial charge in [-0.15, -0.1) is 11.3 Å². The van der Waals surface area contributed by atoms with E-state index in [1.54, 1.807) is 0 Å². The molecule has 5 rings (SSSR count). The molecule has 2 nitrogen and oxygen atoms in total. The van der Waals surface area contributed by atoms with Gasteiger partial charge in [0.1, 0.15) is 0 Å². The Morgan fingerprint density at radius 1 is 1.21 bits per heavy atom. The molecular weight excluding hydrogens is 312 g/mol. The average Bonchev–Trinajstić information content (AvgIpc) is 3.29. The van der Waals surface area contributed by atoms with E-state index in [2.05, 4.69) is 59.5 Å². The minimum Gasteiger partial charge on any atom is -0.298 e. The molecule has 24 heavy (non-hydrogen) atoms. The molecule has 0 amide bonds. The van der Waals surface area contributed by atoms with E-state index in [0.717, 1.165) is 19.5 Å². The molecular formula is C21H20N2S. The van der Waals surface area contributed by atoms with E-state index in [-0.39, 0.29) is 0 Å². The van der Waals surface area contributed by atoms with Gasteiger partial charge in [0.15, 0.2) is 0 Å². The van der Waals surface area contributed by atoms with Gasteiger partial charge in [0, 0.05) is 19.0 Å². The summed E-state index contributed by atoms with van der Waals surface area (Å²) in [5.41, 5.74) is 4.21. The molecule has 0 bridgehead atoms. The first kappa shape index (κ1) is 14.4. The number of hydrogen-bond donors (Lipinski definition) is 0. The summed E-state index contributed by atoms with van der Waals surface area (Å²) in [6.45, 7) is 3.38. The quantitative estimate of drug-likeness (QED) is 0.859. The highest BCUT2D eigenvalue weighted by Gasteiger charge is 2.27. The molecule has 3 heteroatoms. The van der Waals surface area contributed by atoms with Gasteiger partial charge in [-0.25, -0.2) is 4.98 Å². The minimum atomic E-state index is 0.602. The SMILES string of the molecule is C1=CCC2=c3nc(C4CCN(Cc5ccccc5)C4)sc3=CC2=C1. The normalized spacial score (nSPS) is 22.2. The van der Waals surface area contributed by atoms with Gasteiger partial charge in [-0.3, -0.25) is 4.90 Å². The fraction of sp³-hybridized carbons (Fsp3) is 0.286. The second-order valence-corrected chi connectivity index (χ2v) is 7.91. The molecule has 0 N–H and O–H groups in total. The fourth-order valence-electron chi connectivity index (χ4n) is 3.94. The zero-order valence-corrected chi connectivity index (χ0v) is 14.4. The highest BCUT2D eigenvalue weighted by atomic mass is 32.1. The van der Waals surface area contributed by atoms with Crippen molar-refractivity contribution in [1.82, 2.24) is 9.88 Å². The monoisotopic (exact) mass is 332 g/mol. The molecule has 0 radical (unpaired) electrons. The van der Waals surface area contributed by atoms with E-state index >= 15 is 0 Å². The molecule has 2 aliphatic carbocycles. The van der Waals surface area contributed by atoms with E-state index < -0.39 is 0 Å². The lowest BCUT2D eigenvalue weighted by molar-refractivity contribution is 0.327. The van der Waals surface area contributed by atoms with Crippen molar-refractivity contribution < 1.29 is 0 Å². The number of fused-ring (bicyclic) bond motifs is 2. The summed E-state index contributed by atoms with van der Waals surface area (Å²) in [4.78, 5) is 7.61. The van der Waals surface area contributed by atoms with Gasteiger partial charge in [0.2, 0.25) is 0 Å². The summed E-state index contributed by atoms with van der Waals surface area (Å²) in [5, 5.41) is 2.60. The van der Waals surface area contributed by atoms with E-state index in [1.807, 2.05) is 11.3 Å². The maximum Gasteiger partial charge on any atom is 0.0982 e. The van der Waals surface area contributed by atoms with Crippen LogP contribution in [0, 0.1) is 0 Å². The number of allylic oxidation sites excluding steroid dienone is 4. The Hall–Kier alpha value is -1.97. The molecule has 2 aromatic rings. The molecule has 1 aliphatic heterocycles. The molecule has 1 saturated heterocycles. The van der Waals surface area contributed by atoms with E-state index in [4.69, 9.17) is 4.98 Å². The van der Waals surface area contributed by atoms with E-state index in [9.17, 15) is 0 Å². The summed E-state index contributed by atoms with van der Waals surface area (Å²) in [6, 6.07) is 10.8. The van der Waals surface area contributed by atoms with E-state index in [1.165, 1.54) is 44.6 Å². The maximum atomic E-state index is 5.05. The molecule has 2 heterocycles. The maximum absolute atomic E-state index is 5.05. The van der Waals surface area contributed by atoms with Crippen LogP contribution in [0.25, 0.3) is 11.6 Å². The fourth-order valence-corrected chi connectivity index (χ4v) is 5.12. The molecule has 1 aromatic carbocycles. The van der Waals surface area contributed by atoms with Crippen molar-refractivity contribution in [3.8, 4) is 0 Å². The molecule has 0 saturated carbocycles. The Morgan fingerprint density at radius 2 is 2.12 bits per heavy atom. The Bertz CT molecular complexity index is 949. The first-order valence-corrected chi connectivity index (χ1v) is 9.53. The van der Waals surface area contributed by atoms with Crippen LogP contribution in [0.5, 0.6) is 0 Å². The first-order chi connectivity index (χ1) is 11.9. The molecule has 120 valence electrons. The summed E-state index contributed by atoms with van der Waals surface area (Å²) in [6.07, 6.45) is 11.2. The third-order valence-corrected chi connectivity index (χ3v) is 6.36. The summed E-state index contributed by atoms with van der Waals surface area (Å²) in [7, 11) is 0. The van der Waals surface area contributed by atoms with E-state index in [0.29, 0.717) is 5.92 Å². The van der Waals surface area contributed by atoms with Crippen molar-refractivity contribution in [2.45, 2.75) is 25.3 Å². The van der Waals surface area contributed by atoms with Crippen LogP contribution in [-0.4, -0.2) is 23.0 Å². The third kappa shape index (κ3) is 2.48. The van der Waals surface area contributed by atoms with Gasteiger partial charge in [-0.05, 0) is 42.2 Å². The zero-order valence-electron chi connectivity index (χ0n) is 13.6. The Labute approximate surface area is 146 Å². The predicted molar refractivity (Wildman–Crippen MR) is 100 cm³/mol. The van der Waals surface area contributed by atoms with Crippen molar-refractivity contribution in [2.24, 2.45) is 0 Å². The number of aromatic nitrogens is 1. The van der Waals surface area contributed by atoms with Crippen LogP contribution in [0.4, 0.5) is 0 Å². The number of nitrogens with zero attached hydrogens (tertiary/aromatic N) is 2. The Morgan fingerprint density at radius 3 is 3.04 bits per heavy atom. The summed E-state index contributed by atoms with van der Waals surface area (Å²) >= 11 is 1.91. The molecule has 1 atom stereocenters.